The number of ether oxygens (including phenoxy) is 1. The molecule has 1 N–H and O–H groups in total. The first-order valence-electron chi connectivity index (χ1n) is 7.11. The zero-order valence-corrected chi connectivity index (χ0v) is 11.8. The second-order valence-electron chi connectivity index (χ2n) is 5.44. The number of likely N-dealkylation sites (N-methyl/N-ethyl adjacent to an activating group) is 1. The molecule has 0 heterocycles. The fourth-order valence-corrected chi connectivity index (χ4v) is 3.41. The third kappa shape index (κ3) is 2.39. The van der Waals surface area contributed by atoms with Crippen LogP contribution in [0.15, 0.2) is 24.3 Å². The van der Waals surface area contributed by atoms with Gasteiger partial charge in [0, 0.05) is 12.0 Å². The highest BCUT2D eigenvalue weighted by Crippen LogP contribution is 2.45. The predicted octanol–water partition coefficient (Wildman–Crippen LogP) is 3.36. The molecule has 2 heteroatoms. The van der Waals surface area contributed by atoms with Crippen LogP contribution in [-0.2, 0) is 5.41 Å². The lowest BCUT2D eigenvalue weighted by atomic mass is 9.73. The fraction of sp³-hybridized carbons (Fsp3) is 0.625. The van der Waals surface area contributed by atoms with Gasteiger partial charge in [-0.2, -0.15) is 0 Å². The van der Waals surface area contributed by atoms with Crippen LogP contribution in [-0.4, -0.2) is 20.2 Å². The van der Waals surface area contributed by atoms with Gasteiger partial charge in [0.15, 0.2) is 0 Å². The maximum Gasteiger partial charge on any atom is 0.119 e. The van der Waals surface area contributed by atoms with Crippen LogP contribution < -0.4 is 10.1 Å². The summed E-state index contributed by atoms with van der Waals surface area (Å²) in [5.41, 5.74) is 1.78. The van der Waals surface area contributed by atoms with Crippen molar-refractivity contribution in [3.8, 4) is 5.75 Å². The molecular weight excluding hydrogens is 222 g/mol. The van der Waals surface area contributed by atoms with E-state index in [4.69, 9.17) is 4.74 Å². The molecule has 0 spiro atoms. The third-order valence-corrected chi connectivity index (χ3v) is 4.44. The van der Waals surface area contributed by atoms with Crippen molar-refractivity contribution in [2.75, 3.05) is 20.2 Å². The van der Waals surface area contributed by atoms with Crippen molar-refractivity contribution in [2.24, 2.45) is 5.92 Å². The zero-order chi connectivity index (χ0) is 13.0. The van der Waals surface area contributed by atoms with Gasteiger partial charge in [0.2, 0.25) is 0 Å². The summed E-state index contributed by atoms with van der Waals surface area (Å²) in [4.78, 5) is 0. The van der Waals surface area contributed by atoms with E-state index in [0.29, 0.717) is 5.41 Å². The van der Waals surface area contributed by atoms with Crippen molar-refractivity contribution in [1.29, 1.82) is 0 Å². The lowest BCUT2D eigenvalue weighted by Gasteiger charge is -2.34. The molecule has 0 bridgehead atoms. The van der Waals surface area contributed by atoms with E-state index in [9.17, 15) is 0 Å². The Morgan fingerprint density at radius 2 is 2.06 bits per heavy atom. The second-order valence-corrected chi connectivity index (χ2v) is 5.44. The topological polar surface area (TPSA) is 21.3 Å². The van der Waals surface area contributed by atoms with E-state index < -0.39 is 0 Å². The Balaban J connectivity index is 2.25. The molecule has 2 atom stereocenters. The lowest BCUT2D eigenvalue weighted by molar-refractivity contribution is 0.323. The van der Waals surface area contributed by atoms with E-state index in [1.807, 2.05) is 6.92 Å². The Hall–Kier alpha value is -1.02. The first-order valence-corrected chi connectivity index (χ1v) is 7.11. The predicted molar refractivity (Wildman–Crippen MR) is 76.2 cm³/mol. The van der Waals surface area contributed by atoms with Gasteiger partial charge in [0.25, 0.3) is 0 Å². The molecule has 100 valence electrons. The monoisotopic (exact) mass is 247 g/mol. The van der Waals surface area contributed by atoms with Crippen molar-refractivity contribution in [2.45, 2.75) is 38.5 Å². The zero-order valence-electron chi connectivity index (χ0n) is 11.8. The van der Waals surface area contributed by atoms with Gasteiger partial charge in [0.05, 0.1) is 6.61 Å². The minimum Gasteiger partial charge on any atom is -0.494 e. The summed E-state index contributed by atoms with van der Waals surface area (Å²) in [5, 5.41) is 3.39. The van der Waals surface area contributed by atoms with E-state index in [-0.39, 0.29) is 0 Å². The Labute approximate surface area is 111 Å². The van der Waals surface area contributed by atoms with Gasteiger partial charge in [-0.25, -0.2) is 0 Å². The molecule has 0 aromatic heterocycles. The molecule has 1 saturated carbocycles. The molecule has 1 aromatic carbocycles. The maximum absolute atomic E-state index is 5.53. The molecule has 0 amide bonds. The number of hydrogen-bond acceptors (Lipinski definition) is 2. The van der Waals surface area contributed by atoms with Crippen LogP contribution in [0.25, 0.3) is 0 Å². The van der Waals surface area contributed by atoms with Crippen molar-refractivity contribution in [1.82, 2.24) is 5.32 Å². The van der Waals surface area contributed by atoms with Crippen molar-refractivity contribution in [3.63, 3.8) is 0 Å². The van der Waals surface area contributed by atoms with E-state index in [1.165, 1.54) is 24.8 Å². The molecule has 1 aliphatic rings. The van der Waals surface area contributed by atoms with Crippen LogP contribution in [0.2, 0.25) is 0 Å². The standard InChI is InChI=1S/C16H25NO/c1-4-18-15-9-7-14(8-10-15)16(12-17-3)11-5-6-13(16)2/h7-10,13,17H,4-6,11-12H2,1-3H3. The molecule has 1 fully saturated rings. The molecule has 2 rings (SSSR count). The van der Waals surface area contributed by atoms with Crippen LogP contribution in [0.1, 0.15) is 38.7 Å². The van der Waals surface area contributed by atoms with Crippen LogP contribution >= 0.6 is 0 Å². The summed E-state index contributed by atoms with van der Waals surface area (Å²) in [6, 6.07) is 8.73. The average Bonchev–Trinajstić information content (AvgIpc) is 2.74. The summed E-state index contributed by atoms with van der Waals surface area (Å²) in [6.45, 7) is 6.22. The largest absolute Gasteiger partial charge is 0.494 e. The van der Waals surface area contributed by atoms with Gasteiger partial charge in [0.1, 0.15) is 5.75 Å². The molecule has 0 saturated heterocycles. The highest BCUT2D eigenvalue weighted by atomic mass is 16.5. The Morgan fingerprint density at radius 3 is 2.56 bits per heavy atom. The Kier molecular flexibility index (Phi) is 4.28. The number of rotatable bonds is 5. The maximum atomic E-state index is 5.53. The van der Waals surface area contributed by atoms with E-state index in [0.717, 1.165) is 24.8 Å². The summed E-state index contributed by atoms with van der Waals surface area (Å²) in [6.07, 6.45) is 3.98. The Morgan fingerprint density at radius 1 is 1.33 bits per heavy atom. The van der Waals surface area contributed by atoms with Gasteiger partial charge in [-0.05, 0) is 50.4 Å². The van der Waals surface area contributed by atoms with Gasteiger partial charge in [-0.15, -0.1) is 0 Å². The fourth-order valence-electron chi connectivity index (χ4n) is 3.41. The smallest absolute Gasteiger partial charge is 0.119 e. The summed E-state index contributed by atoms with van der Waals surface area (Å²) in [7, 11) is 2.06. The molecule has 0 radical (unpaired) electrons. The number of hydrogen-bond donors (Lipinski definition) is 1. The van der Waals surface area contributed by atoms with Crippen molar-refractivity contribution >= 4 is 0 Å². The van der Waals surface area contributed by atoms with E-state index in [2.05, 4.69) is 43.6 Å². The summed E-state index contributed by atoms with van der Waals surface area (Å²) in [5.74, 6) is 1.73. The molecule has 1 aromatic rings. The molecular formula is C16H25NO. The summed E-state index contributed by atoms with van der Waals surface area (Å²) < 4.78 is 5.53. The molecule has 1 aliphatic carbocycles. The van der Waals surface area contributed by atoms with Crippen LogP contribution in [0, 0.1) is 5.92 Å². The van der Waals surface area contributed by atoms with Crippen LogP contribution in [0.4, 0.5) is 0 Å². The van der Waals surface area contributed by atoms with Crippen molar-refractivity contribution < 1.29 is 4.74 Å². The highest BCUT2D eigenvalue weighted by molar-refractivity contribution is 5.34. The average molecular weight is 247 g/mol. The number of benzene rings is 1. The quantitative estimate of drug-likeness (QED) is 0.861. The summed E-state index contributed by atoms with van der Waals surface area (Å²) >= 11 is 0. The third-order valence-electron chi connectivity index (χ3n) is 4.44. The highest BCUT2D eigenvalue weighted by Gasteiger charge is 2.40. The lowest BCUT2D eigenvalue weighted by Crippen LogP contribution is -2.39. The first-order chi connectivity index (χ1) is 8.73. The van der Waals surface area contributed by atoms with Gasteiger partial charge < -0.3 is 10.1 Å². The van der Waals surface area contributed by atoms with Gasteiger partial charge >= 0.3 is 0 Å². The Bertz CT molecular complexity index is 373. The minimum absolute atomic E-state index is 0.319. The van der Waals surface area contributed by atoms with Gasteiger partial charge in [-0.3, -0.25) is 0 Å². The van der Waals surface area contributed by atoms with E-state index >= 15 is 0 Å². The van der Waals surface area contributed by atoms with Crippen LogP contribution in [0.3, 0.4) is 0 Å². The molecule has 0 aliphatic heterocycles. The van der Waals surface area contributed by atoms with E-state index in [1.54, 1.807) is 0 Å². The molecule has 2 unspecified atom stereocenters. The number of nitrogens with one attached hydrogen (secondary N) is 1. The second kappa shape index (κ2) is 5.75. The van der Waals surface area contributed by atoms with Crippen LogP contribution in [0.5, 0.6) is 5.75 Å². The van der Waals surface area contributed by atoms with Crippen molar-refractivity contribution in [3.05, 3.63) is 29.8 Å². The normalized spacial score (nSPS) is 27.4. The first kappa shape index (κ1) is 13.4. The molecule has 2 nitrogen and oxygen atoms in total. The molecule has 18 heavy (non-hydrogen) atoms. The van der Waals surface area contributed by atoms with Gasteiger partial charge in [-0.1, -0.05) is 25.5 Å². The minimum atomic E-state index is 0.319. The SMILES string of the molecule is CCOc1ccc(C2(CNC)CCCC2C)cc1.